The lowest BCUT2D eigenvalue weighted by atomic mass is 10.2. The number of nitro groups is 1. The second-order valence-corrected chi connectivity index (χ2v) is 7.55. The highest BCUT2D eigenvalue weighted by atomic mass is 32.2. The molecule has 0 radical (unpaired) electrons. The molecule has 148 valence electrons. The molecule has 2 rings (SSSR count). The SMILES string of the molecule is CS(=O)(=O)Nc1ccccc1CNC(=O)CNC(=O)c1cccc([N+](=O)[O-])c1. The van der Waals surface area contributed by atoms with Crippen LogP contribution in [0.2, 0.25) is 0 Å². The van der Waals surface area contributed by atoms with E-state index in [-0.39, 0.29) is 24.3 Å². The van der Waals surface area contributed by atoms with Crippen molar-refractivity contribution in [2.45, 2.75) is 6.54 Å². The van der Waals surface area contributed by atoms with Crippen LogP contribution in [-0.4, -0.2) is 38.0 Å². The van der Waals surface area contributed by atoms with E-state index in [1.165, 1.54) is 18.2 Å². The molecule has 0 unspecified atom stereocenters. The van der Waals surface area contributed by atoms with Gasteiger partial charge in [-0.3, -0.25) is 24.4 Å². The van der Waals surface area contributed by atoms with Gasteiger partial charge in [0, 0.05) is 24.2 Å². The Morgan fingerprint density at radius 1 is 1.07 bits per heavy atom. The largest absolute Gasteiger partial charge is 0.350 e. The smallest absolute Gasteiger partial charge is 0.270 e. The molecule has 2 aromatic carbocycles. The van der Waals surface area contributed by atoms with Crippen molar-refractivity contribution in [1.29, 1.82) is 0 Å². The summed E-state index contributed by atoms with van der Waals surface area (Å²) in [5, 5.41) is 15.7. The van der Waals surface area contributed by atoms with Gasteiger partial charge in [-0.05, 0) is 17.7 Å². The molecule has 10 nitrogen and oxygen atoms in total. The number of hydrogen-bond acceptors (Lipinski definition) is 6. The summed E-state index contributed by atoms with van der Waals surface area (Å²) in [4.78, 5) is 34.1. The topological polar surface area (TPSA) is 148 Å². The monoisotopic (exact) mass is 406 g/mol. The highest BCUT2D eigenvalue weighted by Crippen LogP contribution is 2.16. The van der Waals surface area contributed by atoms with Crippen molar-refractivity contribution < 1.29 is 22.9 Å². The normalized spacial score (nSPS) is 10.8. The Morgan fingerprint density at radius 3 is 2.46 bits per heavy atom. The van der Waals surface area contributed by atoms with Crippen LogP contribution in [0.25, 0.3) is 0 Å². The van der Waals surface area contributed by atoms with Crippen LogP contribution in [0.1, 0.15) is 15.9 Å². The highest BCUT2D eigenvalue weighted by Gasteiger charge is 2.13. The van der Waals surface area contributed by atoms with Crippen LogP contribution in [0.4, 0.5) is 11.4 Å². The maximum absolute atomic E-state index is 12.0. The third-order valence-electron chi connectivity index (χ3n) is 3.52. The van der Waals surface area contributed by atoms with Crippen LogP contribution >= 0.6 is 0 Å². The van der Waals surface area contributed by atoms with Crippen molar-refractivity contribution in [3.05, 3.63) is 69.8 Å². The molecular formula is C17H18N4O6S. The second-order valence-electron chi connectivity index (χ2n) is 5.80. The zero-order valence-electron chi connectivity index (χ0n) is 14.8. The summed E-state index contributed by atoms with van der Waals surface area (Å²) in [6.45, 7) is -0.298. The standard InChI is InChI=1S/C17H18N4O6S/c1-28(26,27)20-15-8-3-2-5-13(15)10-18-16(22)11-19-17(23)12-6-4-7-14(9-12)21(24)25/h2-9,20H,10-11H2,1H3,(H,18,22)(H,19,23). The molecule has 2 amide bonds. The van der Waals surface area contributed by atoms with Gasteiger partial charge in [-0.25, -0.2) is 8.42 Å². The summed E-state index contributed by atoms with van der Waals surface area (Å²) in [6, 6.07) is 11.7. The second kappa shape index (κ2) is 8.95. The number of rotatable bonds is 8. The van der Waals surface area contributed by atoms with Crippen molar-refractivity contribution in [3.63, 3.8) is 0 Å². The lowest BCUT2D eigenvalue weighted by Crippen LogP contribution is -2.36. The lowest BCUT2D eigenvalue weighted by molar-refractivity contribution is -0.384. The number of amides is 2. The third-order valence-corrected chi connectivity index (χ3v) is 4.11. The Morgan fingerprint density at radius 2 is 1.79 bits per heavy atom. The first-order valence-electron chi connectivity index (χ1n) is 8.01. The minimum atomic E-state index is -3.47. The number of benzene rings is 2. The van der Waals surface area contributed by atoms with Gasteiger partial charge >= 0.3 is 0 Å². The van der Waals surface area contributed by atoms with Crippen LogP contribution in [0.15, 0.2) is 48.5 Å². The predicted octanol–water partition coefficient (Wildman–Crippen LogP) is 1.01. The number of hydrogen-bond donors (Lipinski definition) is 3. The van der Waals surface area contributed by atoms with E-state index in [1.807, 2.05) is 0 Å². The van der Waals surface area contributed by atoms with Crippen LogP contribution in [0.3, 0.4) is 0 Å². The van der Waals surface area contributed by atoms with Crippen molar-refractivity contribution >= 4 is 33.2 Å². The molecule has 0 saturated heterocycles. The summed E-state index contributed by atoms with van der Waals surface area (Å²) in [5.74, 6) is -1.13. The number of carbonyl (C=O) groups excluding carboxylic acids is 2. The average molecular weight is 406 g/mol. The first-order chi connectivity index (χ1) is 13.2. The van der Waals surface area contributed by atoms with E-state index in [1.54, 1.807) is 24.3 Å². The molecule has 0 heterocycles. The molecule has 0 atom stereocenters. The average Bonchev–Trinajstić information content (AvgIpc) is 2.64. The van der Waals surface area contributed by atoms with Gasteiger partial charge in [0.1, 0.15) is 0 Å². The number of sulfonamides is 1. The van der Waals surface area contributed by atoms with Gasteiger partial charge < -0.3 is 10.6 Å². The quantitative estimate of drug-likeness (QED) is 0.440. The fraction of sp³-hybridized carbons (Fsp3) is 0.176. The Bertz CT molecular complexity index is 1010. The van der Waals surface area contributed by atoms with E-state index in [9.17, 15) is 28.1 Å². The van der Waals surface area contributed by atoms with Crippen LogP contribution in [-0.2, 0) is 21.4 Å². The number of anilines is 1. The van der Waals surface area contributed by atoms with Crippen LogP contribution < -0.4 is 15.4 Å². The summed E-state index contributed by atoms with van der Waals surface area (Å²) >= 11 is 0. The molecule has 28 heavy (non-hydrogen) atoms. The first kappa shape index (κ1) is 20.8. The maximum atomic E-state index is 12.0. The lowest BCUT2D eigenvalue weighted by Gasteiger charge is -2.12. The molecule has 2 aromatic rings. The number of non-ortho nitro benzene ring substituents is 1. The highest BCUT2D eigenvalue weighted by molar-refractivity contribution is 7.92. The molecule has 0 bridgehead atoms. The number of nitrogens with one attached hydrogen (secondary N) is 3. The van der Waals surface area contributed by atoms with Crippen molar-refractivity contribution in [1.82, 2.24) is 10.6 Å². The van der Waals surface area contributed by atoms with Crippen LogP contribution in [0, 0.1) is 10.1 Å². The van der Waals surface area contributed by atoms with Gasteiger partial charge in [-0.1, -0.05) is 24.3 Å². The Kier molecular flexibility index (Phi) is 6.66. The number of nitro benzene ring substituents is 1. The van der Waals surface area contributed by atoms with E-state index in [2.05, 4.69) is 15.4 Å². The van der Waals surface area contributed by atoms with Gasteiger partial charge in [0.25, 0.3) is 11.6 Å². The van der Waals surface area contributed by atoms with E-state index in [4.69, 9.17) is 0 Å². The Balaban J connectivity index is 1.91. The predicted molar refractivity (Wildman–Crippen MR) is 102 cm³/mol. The number of para-hydroxylation sites is 1. The van der Waals surface area contributed by atoms with Gasteiger partial charge in [0.2, 0.25) is 15.9 Å². The van der Waals surface area contributed by atoms with E-state index < -0.39 is 26.8 Å². The van der Waals surface area contributed by atoms with Crippen LogP contribution in [0.5, 0.6) is 0 Å². The molecule has 0 spiro atoms. The number of carbonyl (C=O) groups is 2. The van der Waals surface area contributed by atoms with E-state index in [0.29, 0.717) is 11.3 Å². The molecular weight excluding hydrogens is 388 g/mol. The molecule has 3 N–H and O–H groups in total. The summed E-state index contributed by atoms with van der Waals surface area (Å²) in [6.07, 6.45) is 1.02. The minimum absolute atomic E-state index is 0.0458. The molecule has 0 aliphatic carbocycles. The zero-order chi connectivity index (χ0) is 20.7. The minimum Gasteiger partial charge on any atom is -0.350 e. The van der Waals surface area contributed by atoms with Gasteiger partial charge in [0.05, 0.1) is 23.4 Å². The Hall–Kier alpha value is -3.47. The molecule has 0 saturated carbocycles. The van der Waals surface area contributed by atoms with E-state index >= 15 is 0 Å². The maximum Gasteiger partial charge on any atom is 0.270 e. The van der Waals surface area contributed by atoms with Crippen molar-refractivity contribution in [2.24, 2.45) is 0 Å². The zero-order valence-corrected chi connectivity index (χ0v) is 15.7. The molecule has 0 aliphatic heterocycles. The summed E-state index contributed by atoms with van der Waals surface area (Å²) in [5.41, 5.74) is 0.717. The fourth-order valence-corrected chi connectivity index (χ4v) is 2.85. The molecule has 0 fully saturated rings. The van der Waals surface area contributed by atoms with Gasteiger partial charge in [-0.15, -0.1) is 0 Å². The fourth-order valence-electron chi connectivity index (χ4n) is 2.25. The van der Waals surface area contributed by atoms with Crippen molar-refractivity contribution in [3.8, 4) is 0 Å². The molecule has 11 heteroatoms. The Labute approximate surface area is 161 Å². The third kappa shape index (κ3) is 6.36. The molecule has 0 aromatic heterocycles. The first-order valence-corrected chi connectivity index (χ1v) is 9.90. The van der Waals surface area contributed by atoms with Crippen molar-refractivity contribution in [2.75, 3.05) is 17.5 Å². The van der Waals surface area contributed by atoms with Gasteiger partial charge in [-0.2, -0.15) is 0 Å². The molecule has 0 aliphatic rings. The number of nitrogens with zero attached hydrogens (tertiary/aromatic N) is 1. The van der Waals surface area contributed by atoms with Gasteiger partial charge in [0.15, 0.2) is 0 Å². The summed E-state index contributed by atoms with van der Waals surface area (Å²) in [7, 11) is -3.47. The summed E-state index contributed by atoms with van der Waals surface area (Å²) < 4.78 is 25.1. The van der Waals surface area contributed by atoms with E-state index in [0.717, 1.165) is 12.3 Å².